The molecule has 26 heavy (non-hydrogen) atoms. The molecule has 2 amide bonds. The minimum atomic E-state index is -0.273. The summed E-state index contributed by atoms with van der Waals surface area (Å²) in [6, 6.07) is 10.5. The Hall–Kier alpha value is -3.06. The fraction of sp³-hybridized carbons (Fsp3) is 0.167. The largest absolute Gasteiger partial charge is 0.492 e. The molecule has 0 fully saturated rings. The number of nitrogens with zero attached hydrogens (tertiary/aromatic N) is 3. The number of aromatic nitrogens is 3. The van der Waals surface area contributed by atoms with Crippen LogP contribution in [-0.2, 0) is 6.54 Å². The molecule has 0 atom stereocenters. The second-order valence-corrected chi connectivity index (χ2v) is 5.80. The second-order valence-electron chi connectivity index (χ2n) is 5.37. The van der Waals surface area contributed by atoms with Crippen LogP contribution in [0.1, 0.15) is 5.56 Å². The summed E-state index contributed by atoms with van der Waals surface area (Å²) in [4.78, 5) is 20.3. The molecule has 8 heteroatoms. The normalized spacial score (nSPS) is 10.3. The number of benzene rings is 1. The third-order valence-electron chi connectivity index (χ3n) is 3.53. The Labute approximate surface area is 156 Å². The minimum Gasteiger partial charge on any atom is -0.492 e. The summed E-state index contributed by atoms with van der Waals surface area (Å²) < 4.78 is 7.32. The maximum atomic E-state index is 11.9. The molecule has 1 aromatic carbocycles. The van der Waals surface area contributed by atoms with Crippen molar-refractivity contribution in [3.05, 3.63) is 71.9 Å². The molecular weight excluding hydrogens is 354 g/mol. The Balaban J connectivity index is 1.43. The molecule has 0 aliphatic carbocycles. The Morgan fingerprint density at radius 2 is 2.00 bits per heavy atom. The summed E-state index contributed by atoms with van der Waals surface area (Å²) in [5, 5.41) is 6.21. The van der Waals surface area contributed by atoms with Crippen LogP contribution in [0, 0.1) is 0 Å². The summed E-state index contributed by atoms with van der Waals surface area (Å²) in [6.45, 7) is 1.10. The highest BCUT2D eigenvalue weighted by Gasteiger charge is 2.07. The lowest BCUT2D eigenvalue weighted by molar-refractivity contribution is 0.236. The van der Waals surface area contributed by atoms with Gasteiger partial charge in [0, 0.05) is 35.7 Å². The number of imidazole rings is 1. The lowest BCUT2D eigenvalue weighted by Crippen LogP contribution is -2.37. The van der Waals surface area contributed by atoms with Crippen LogP contribution in [0.5, 0.6) is 5.75 Å². The summed E-state index contributed by atoms with van der Waals surface area (Å²) in [6.07, 6.45) is 6.85. The van der Waals surface area contributed by atoms with Gasteiger partial charge in [0.1, 0.15) is 24.5 Å². The van der Waals surface area contributed by atoms with Crippen molar-refractivity contribution in [2.75, 3.05) is 13.2 Å². The number of pyridine rings is 1. The molecule has 0 saturated heterocycles. The Morgan fingerprint density at radius 1 is 1.15 bits per heavy atom. The number of hydrogen-bond donors (Lipinski definition) is 2. The number of amides is 2. The predicted octanol–water partition coefficient (Wildman–Crippen LogP) is 2.80. The fourth-order valence-corrected chi connectivity index (χ4v) is 2.41. The molecule has 0 aliphatic heterocycles. The molecule has 2 aromatic heterocycles. The molecule has 134 valence electrons. The molecule has 0 bridgehead atoms. The number of rotatable bonds is 7. The number of nitrogens with one attached hydrogen (secondary N) is 2. The molecule has 0 saturated carbocycles. The van der Waals surface area contributed by atoms with Crippen LogP contribution in [0.3, 0.4) is 0 Å². The molecule has 0 aliphatic rings. The van der Waals surface area contributed by atoms with Crippen LogP contribution < -0.4 is 15.4 Å². The second kappa shape index (κ2) is 8.87. The number of carbonyl (C=O) groups is 1. The quantitative estimate of drug-likeness (QED) is 0.626. The maximum absolute atomic E-state index is 11.9. The minimum absolute atomic E-state index is 0.273. The van der Waals surface area contributed by atoms with Gasteiger partial charge in [-0.25, -0.2) is 14.8 Å². The summed E-state index contributed by atoms with van der Waals surface area (Å²) >= 11 is 5.81. The van der Waals surface area contributed by atoms with Gasteiger partial charge in [0.25, 0.3) is 0 Å². The molecule has 3 aromatic rings. The van der Waals surface area contributed by atoms with E-state index in [-0.39, 0.29) is 6.03 Å². The van der Waals surface area contributed by atoms with Crippen LogP contribution >= 0.6 is 11.6 Å². The number of carbonyl (C=O) groups excluding carboxylic acids is 1. The van der Waals surface area contributed by atoms with Gasteiger partial charge in [0.15, 0.2) is 0 Å². The van der Waals surface area contributed by atoms with E-state index in [9.17, 15) is 4.79 Å². The third-order valence-corrected chi connectivity index (χ3v) is 3.78. The van der Waals surface area contributed by atoms with Crippen LogP contribution in [0.2, 0.25) is 5.02 Å². The highest BCUT2D eigenvalue weighted by Crippen LogP contribution is 2.15. The highest BCUT2D eigenvalue weighted by atomic mass is 35.5. The van der Waals surface area contributed by atoms with E-state index in [2.05, 4.69) is 20.6 Å². The molecule has 0 unspecified atom stereocenters. The van der Waals surface area contributed by atoms with Crippen LogP contribution in [0.4, 0.5) is 4.79 Å². The van der Waals surface area contributed by atoms with Gasteiger partial charge in [-0.3, -0.25) is 4.57 Å². The standard InChI is InChI=1S/C18H18ClN5O2/c19-15-3-5-16(6-4-15)26-11-9-22-18(25)23-12-14-2-1-7-21-17(14)24-10-8-20-13-24/h1-8,10,13H,9,11-12H2,(H2,22,23,25). The van der Waals surface area contributed by atoms with E-state index in [1.165, 1.54) is 0 Å². The maximum Gasteiger partial charge on any atom is 0.315 e. The van der Waals surface area contributed by atoms with Crippen LogP contribution in [0.15, 0.2) is 61.3 Å². The van der Waals surface area contributed by atoms with Crippen molar-refractivity contribution in [3.63, 3.8) is 0 Å². The molecule has 0 spiro atoms. The van der Waals surface area contributed by atoms with E-state index in [0.717, 1.165) is 11.4 Å². The Kier molecular flexibility index (Phi) is 6.05. The van der Waals surface area contributed by atoms with Crippen molar-refractivity contribution >= 4 is 17.6 Å². The fourth-order valence-electron chi connectivity index (χ4n) is 2.29. The zero-order valence-electron chi connectivity index (χ0n) is 13.9. The first-order valence-corrected chi connectivity index (χ1v) is 8.42. The Morgan fingerprint density at radius 3 is 2.77 bits per heavy atom. The average Bonchev–Trinajstić information content (AvgIpc) is 3.20. The zero-order chi connectivity index (χ0) is 18.2. The first kappa shape index (κ1) is 17.8. The highest BCUT2D eigenvalue weighted by molar-refractivity contribution is 6.30. The molecular formula is C18H18ClN5O2. The van der Waals surface area contributed by atoms with Crippen molar-refractivity contribution in [2.45, 2.75) is 6.54 Å². The van der Waals surface area contributed by atoms with E-state index in [0.29, 0.717) is 30.5 Å². The van der Waals surface area contributed by atoms with E-state index >= 15 is 0 Å². The first-order valence-electron chi connectivity index (χ1n) is 8.04. The zero-order valence-corrected chi connectivity index (χ0v) is 14.7. The van der Waals surface area contributed by atoms with Gasteiger partial charge < -0.3 is 15.4 Å². The number of ether oxygens (including phenoxy) is 1. The monoisotopic (exact) mass is 371 g/mol. The van der Waals surface area contributed by atoms with Crippen molar-refractivity contribution in [1.82, 2.24) is 25.2 Å². The number of halogens is 1. The van der Waals surface area contributed by atoms with Gasteiger partial charge in [0.05, 0.1) is 6.54 Å². The molecule has 2 heterocycles. The molecule has 0 radical (unpaired) electrons. The predicted molar refractivity (Wildman–Crippen MR) is 98.5 cm³/mol. The number of urea groups is 1. The smallest absolute Gasteiger partial charge is 0.315 e. The van der Waals surface area contributed by atoms with E-state index in [1.807, 2.05) is 12.1 Å². The van der Waals surface area contributed by atoms with E-state index < -0.39 is 0 Å². The van der Waals surface area contributed by atoms with Crippen molar-refractivity contribution in [1.29, 1.82) is 0 Å². The number of hydrogen-bond acceptors (Lipinski definition) is 4. The molecule has 7 nitrogen and oxygen atoms in total. The average molecular weight is 372 g/mol. The van der Waals surface area contributed by atoms with E-state index in [4.69, 9.17) is 16.3 Å². The Bertz CT molecular complexity index is 837. The van der Waals surface area contributed by atoms with E-state index in [1.54, 1.807) is 53.8 Å². The van der Waals surface area contributed by atoms with Crippen molar-refractivity contribution in [3.8, 4) is 11.6 Å². The molecule has 3 rings (SSSR count). The lowest BCUT2D eigenvalue weighted by atomic mass is 10.2. The van der Waals surface area contributed by atoms with Crippen molar-refractivity contribution < 1.29 is 9.53 Å². The third kappa shape index (κ3) is 4.97. The summed E-state index contributed by atoms with van der Waals surface area (Å²) in [5.74, 6) is 1.44. The van der Waals surface area contributed by atoms with Gasteiger partial charge in [-0.1, -0.05) is 17.7 Å². The van der Waals surface area contributed by atoms with Gasteiger partial charge in [-0.2, -0.15) is 0 Å². The van der Waals surface area contributed by atoms with Crippen LogP contribution in [0.25, 0.3) is 5.82 Å². The SMILES string of the molecule is O=C(NCCOc1ccc(Cl)cc1)NCc1cccnc1-n1ccnc1. The van der Waals surface area contributed by atoms with Gasteiger partial charge >= 0.3 is 6.03 Å². The lowest BCUT2D eigenvalue weighted by Gasteiger charge is -2.11. The summed E-state index contributed by atoms with van der Waals surface area (Å²) in [5.41, 5.74) is 0.887. The van der Waals surface area contributed by atoms with Gasteiger partial charge in [-0.05, 0) is 30.3 Å². The molecule has 2 N–H and O–H groups in total. The topological polar surface area (TPSA) is 81.1 Å². The van der Waals surface area contributed by atoms with Crippen LogP contribution in [-0.4, -0.2) is 33.7 Å². The first-order chi connectivity index (χ1) is 12.7. The van der Waals surface area contributed by atoms with Crippen molar-refractivity contribution in [2.24, 2.45) is 0 Å². The van der Waals surface area contributed by atoms with Gasteiger partial charge in [0.2, 0.25) is 0 Å². The van der Waals surface area contributed by atoms with Gasteiger partial charge in [-0.15, -0.1) is 0 Å². The summed E-state index contributed by atoms with van der Waals surface area (Å²) in [7, 11) is 0.